The molecule has 2 aliphatic heterocycles. The van der Waals surface area contributed by atoms with Crippen molar-refractivity contribution in [3.05, 3.63) is 0 Å². The molecule has 0 radical (unpaired) electrons. The molecule has 2 unspecified atom stereocenters. The Hall–Kier alpha value is -0.610. The number of carboxylic acid groups (broad SMARTS) is 1. The van der Waals surface area contributed by atoms with Gasteiger partial charge in [-0.2, -0.15) is 0 Å². The zero-order valence-corrected chi connectivity index (χ0v) is 13.4. The van der Waals surface area contributed by atoms with Crippen molar-refractivity contribution in [1.82, 2.24) is 4.90 Å². The molecule has 4 heteroatoms. The molecular formula is C17H29NO3. The van der Waals surface area contributed by atoms with E-state index >= 15 is 0 Å². The number of carbonyl (C=O) groups is 1. The SMILES string of the molecule is CC1(C)CCCN(CC2CCC3(CCCC3)O2)C1C(=O)O. The Kier molecular flexibility index (Phi) is 4.04. The van der Waals surface area contributed by atoms with E-state index in [2.05, 4.69) is 18.7 Å². The van der Waals surface area contributed by atoms with Crippen LogP contribution in [0.3, 0.4) is 0 Å². The van der Waals surface area contributed by atoms with Crippen molar-refractivity contribution in [2.75, 3.05) is 13.1 Å². The molecule has 2 heterocycles. The van der Waals surface area contributed by atoms with E-state index in [0.29, 0.717) is 0 Å². The summed E-state index contributed by atoms with van der Waals surface area (Å²) in [5, 5.41) is 9.64. The van der Waals surface area contributed by atoms with Gasteiger partial charge in [-0.15, -0.1) is 0 Å². The first kappa shape index (κ1) is 15.3. The minimum absolute atomic E-state index is 0.145. The van der Waals surface area contributed by atoms with Gasteiger partial charge in [0, 0.05) is 6.54 Å². The van der Waals surface area contributed by atoms with Crippen LogP contribution in [0.15, 0.2) is 0 Å². The number of hydrogen-bond donors (Lipinski definition) is 1. The van der Waals surface area contributed by atoms with E-state index in [-0.39, 0.29) is 23.2 Å². The maximum atomic E-state index is 11.7. The second-order valence-electron chi connectivity index (χ2n) is 8.00. The van der Waals surface area contributed by atoms with Crippen molar-refractivity contribution in [3.8, 4) is 0 Å². The Labute approximate surface area is 127 Å². The van der Waals surface area contributed by atoms with Crippen molar-refractivity contribution in [2.24, 2.45) is 5.41 Å². The Morgan fingerprint density at radius 1 is 1.19 bits per heavy atom. The lowest BCUT2D eigenvalue weighted by molar-refractivity contribution is -0.152. The van der Waals surface area contributed by atoms with Gasteiger partial charge in [0.25, 0.3) is 0 Å². The molecule has 1 aliphatic carbocycles. The summed E-state index contributed by atoms with van der Waals surface area (Å²) in [4.78, 5) is 13.9. The highest BCUT2D eigenvalue weighted by Crippen LogP contribution is 2.44. The maximum Gasteiger partial charge on any atom is 0.321 e. The second-order valence-corrected chi connectivity index (χ2v) is 8.00. The van der Waals surface area contributed by atoms with Crippen LogP contribution >= 0.6 is 0 Å². The molecule has 120 valence electrons. The highest BCUT2D eigenvalue weighted by molar-refractivity contribution is 5.74. The summed E-state index contributed by atoms with van der Waals surface area (Å²) >= 11 is 0. The van der Waals surface area contributed by atoms with Gasteiger partial charge in [0.15, 0.2) is 0 Å². The summed E-state index contributed by atoms with van der Waals surface area (Å²) in [6.07, 6.45) is 9.59. The van der Waals surface area contributed by atoms with Gasteiger partial charge in [-0.3, -0.25) is 9.69 Å². The third kappa shape index (κ3) is 2.98. The number of nitrogens with zero attached hydrogens (tertiary/aromatic N) is 1. The zero-order valence-electron chi connectivity index (χ0n) is 13.4. The fourth-order valence-corrected chi connectivity index (χ4v) is 4.86. The third-order valence-corrected chi connectivity index (χ3v) is 5.90. The summed E-state index contributed by atoms with van der Waals surface area (Å²) in [5.74, 6) is -0.673. The first-order valence-electron chi connectivity index (χ1n) is 8.57. The topological polar surface area (TPSA) is 49.8 Å². The summed E-state index contributed by atoms with van der Waals surface area (Å²) < 4.78 is 6.37. The number of hydrogen-bond acceptors (Lipinski definition) is 3. The summed E-state index contributed by atoms with van der Waals surface area (Å²) in [7, 11) is 0. The number of piperidine rings is 1. The fourth-order valence-electron chi connectivity index (χ4n) is 4.86. The predicted molar refractivity (Wildman–Crippen MR) is 81.3 cm³/mol. The van der Waals surface area contributed by atoms with Gasteiger partial charge in [0.05, 0.1) is 11.7 Å². The molecule has 1 spiro atoms. The van der Waals surface area contributed by atoms with Crippen LogP contribution in [0.5, 0.6) is 0 Å². The quantitative estimate of drug-likeness (QED) is 0.869. The molecule has 4 nitrogen and oxygen atoms in total. The average Bonchev–Trinajstić information content (AvgIpc) is 2.99. The van der Waals surface area contributed by atoms with Gasteiger partial charge in [-0.1, -0.05) is 26.7 Å². The molecule has 3 fully saturated rings. The lowest BCUT2D eigenvalue weighted by Crippen LogP contribution is -2.56. The van der Waals surface area contributed by atoms with E-state index in [1.807, 2.05) is 0 Å². The van der Waals surface area contributed by atoms with Crippen LogP contribution < -0.4 is 0 Å². The van der Waals surface area contributed by atoms with Crippen LogP contribution in [-0.4, -0.2) is 46.8 Å². The molecular weight excluding hydrogens is 266 g/mol. The summed E-state index contributed by atoms with van der Waals surface area (Å²) in [6.45, 7) is 5.87. The van der Waals surface area contributed by atoms with E-state index in [1.165, 1.54) is 32.1 Å². The molecule has 0 amide bonds. The molecule has 21 heavy (non-hydrogen) atoms. The van der Waals surface area contributed by atoms with Gasteiger partial charge in [-0.05, 0) is 50.5 Å². The van der Waals surface area contributed by atoms with Gasteiger partial charge < -0.3 is 9.84 Å². The zero-order chi connectivity index (χ0) is 15.1. The van der Waals surface area contributed by atoms with Gasteiger partial charge in [-0.25, -0.2) is 0 Å². The Balaban J connectivity index is 1.65. The molecule has 1 N–H and O–H groups in total. The minimum atomic E-state index is -0.673. The van der Waals surface area contributed by atoms with Crippen LogP contribution in [-0.2, 0) is 9.53 Å². The Morgan fingerprint density at radius 2 is 1.90 bits per heavy atom. The smallest absolute Gasteiger partial charge is 0.321 e. The van der Waals surface area contributed by atoms with E-state index in [4.69, 9.17) is 4.74 Å². The van der Waals surface area contributed by atoms with Crippen LogP contribution in [0.1, 0.15) is 65.2 Å². The van der Waals surface area contributed by atoms with Crippen molar-refractivity contribution in [3.63, 3.8) is 0 Å². The Bertz CT molecular complexity index is 401. The highest BCUT2D eigenvalue weighted by Gasteiger charge is 2.46. The van der Waals surface area contributed by atoms with Gasteiger partial charge in [0.1, 0.15) is 6.04 Å². The fraction of sp³-hybridized carbons (Fsp3) is 0.941. The molecule has 3 rings (SSSR count). The average molecular weight is 295 g/mol. The van der Waals surface area contributed by atoms with Crippen LogP contribution in [0.25, 0.3) is 0 Å². The van der Waals surface area contributed by atoms with Crippen molar-refractivity contribution < 1.29 is 14.6 Å². The van der Waals surface area contributed by atoms with Crippen LogP contribution in [0.2, 0.25) is 0 Å². The van der Waals surface area contributed by atoms with Gasteiger partial charge in [0.2, 0.25) is 0 Å². The van der Waals surface area contributed by atoms with Gasteiger partial charge >= 0.3 is 5.97 Å². The number of ether oxygens (including phenoxy) is 1. The molecule has 0 aromatic heterocycles. The minimum Gasteiger partial charge on any atom is -0.480 e. The number of rotatable bonds is 3. The van der Waals surface area contributed by atoms with Crippen LogP contribution in [0.4, 0.5) is 0 Å². The van der Waals surface area contributed by atoms with Crippen molar-refractivity contribution >= 4 is 5.97 Å². The maximum absolute atomic E-state index is 11.7. The standard InChI is InChI=1S/C17H29NO3/c1-16(2)7-5-11-18(14(16)15(19)20)12-13-6-10-17(21-13)8-3-4-9-17/h13-14H,3-12H2,1-2H3,(H,19,20). The monoisotopic (exact) mass is 295 g/mol. The van der Waals surface area contributed by atoms with E-state index in [0.717, 1.165) is 32.4 Å². The largest absolute Gasteiger partial charge is 0.480 e. The van der Waals surface area contributed by atoms with E-state index in [1.54, 1.807) is 0 Å². The highest BCUT2D eigenvalue weighted by atomic mass is 16.5. The first-order valence-corrected chi connectivity index (χ1v) is 8.57. The molecule has 3 aliphatic rings. The lowest BCUT2D eigenvalue weighted by Gasteiger charge is -2.44. The molecule has 2 saturated heterocycles. The van der Waals surface area contributed by atoms with Crippen LogP contribution in [0, 0.1) is 5.41 Å². The molecule has 0 aromatic rings. The summed E-state index contributed by atoms with van der Waals surface area (Å²) in [5.41, 5.74) is 0.00241. The van der Waals surface area contributed by atoms with Crippen molar-refractivity contribution in [2.45, 2.75) is 83.0 Å². The molecule has 2 atom stereocenters. The number of aliphatic carboxylic acids is 1. The Morgan fingerprint density at radius 3 is 2.57 bits per heavy atom. The first-order chi connectivity index (χ1) is 9.92. The predicted octanol–water partition coefficient (Wildman–Crippen LogP) is 3.05. The van der Waals surface area contributed by atoms with E-state index < -0.39 is 5.97 Å². The molecule has 0 bridgehead atoms. The number of likely N-dealkylation sites (tertiary alicyclic amines) is 1. The summed E-state index contributed by atoms with van der Waals surface area (Å²) in [6, 6.07) is -0.366. The van der Waals surface area contributed by atoms with Crippen molar-refractivity contribution in [1.29, 1.82) is 0 Å². The third-order valence-electron chi connectivity index (χ3n) is 5.90. The lowest BCUT2D eigenvalue weighted by atomic mass is 9.76. The normalized spacial score (nSPS) is 35.3. The molecule has 1 saturated carbocycles. The van der Waals surface area contributed by atoms with E-state index in [9.17, 15) is 9.90 Å². The number of carboxylic acids is 1. The molecule has 0 aromatic carbocycles. The second kappa shape index (κ2) is 5.54.